The van der Waals surface area contributed by atoms with Crippen LogP contribution in [0.4, 0.5) is 10.1 Å². The van der Waals surface area contributed by atoms with Gasteiger partial charge in [-0.3, -0.25) is 14.7 Å². The van der Waals surface area contributed by atoms with Crippen LogP contribution in [0, 0.1) is 5.82 Å². The number of nitrogens with one attached hydrogen (secondary N) is 3. The minimum absolute atomic E-state index is 0. The van der Waals surface area contributed by atoms with E-state index in [0.717, 1.165) is 32.8 Å². The van der Waals surface area contributed by atoms with E-state index in [1.807, 2.05) is 12.1 Å². The van der Waals surface area contributed by atoms with Gasteiger partial charge in [0.25, 0.3) is 0 Å². The molecule has 2 aromatic rings. The molecule has 9 heteroatoms. The third-order valence-electron chi connectivity index (χ3n) is 4.81. The maximum Gasteiger partial charge on any atom is 0.243 e. The van der Waals surface area contributed by atoms with Crippen molar-refractivity contribution in [2.45, 2.75) is 13.1 Å². The Labute approximate surface area is 199 Å². The van der Waals surface area contributed by atoms with Crippen LogP contribution in [0.1, 0.15) is 11.1 Å². The van der Waals surface area contributed by atoms with E-state index in [1.54, 1.807) is 19.2 Å². The summed E-state index contributed by atoms with van der Waals surface area (Å²) in [6.45, 7) is 4.90. The molecule has 0 atom stereocenters. The summed E-state index contributed by atoms with van der Waals surface area (Å²) in [5.41, 5.74) is 2.85. The molecule has 1 aliphatic rings. The Balaban J connectivity index is 0.00000341. The molecule has 0 spiro atoms. The van der Waals surface area contributed by atoms with Crippen molar-refractivity contribution in [3.63, 3.8) is 0 Å². The highest BCUT2D eigenvalue weighted by Crippen LogP contribution is 2.13. The molecule has 1 saturated heterocycles. The van der Waals surface area contributed by atoms with Gasteiger partial charge < -0.3 is 20.7 Å². The molecule has 0 radical (unpaired) electrons. The maximum atomic E-state index is 13.2. The molecular formula is C22H29FIN5O2. The van der Waals surface area contributed by atoms with E-state index >= 15 is 0 Å². The number of morpholine rings is 1. The van der Waals surface area contributed by atoms with Crippen molar-refractivity contribution in [2.24, 2.45) is 4.99 Å². The highest BCUT2D eigenvalue weighted by atomic mass is 127. The first kappa shape index (κ1) is 25.0. The van der Waals surface area contributed by atoms with Gasteiger partial charge in [0.05, 0.1) is 19.8 Å². The summed E-state index contributed by atoms with van der Waals surface area (Å²) in [6, 6.07) is 14.1. The van der Waals surface area contributed by atoms with Crippen molar-refractivity contribution in [1.29, 1.82) is 0 Å². The highest BCUT2D eigenvalue weighted by Gasteiger charge is 2.13. The van der Waals surface area contributed by atoms with E-state index in [1.165, 1.54) is 23.3 Å². The molecule has 1 amide bonds. The topological polar surface area (TPSA) is 78.0 Å². The molecule has 0 unspecified atom stereocenters. The summed E-state index contributed by atoms with van der Waals surface area (Å²) in [5, 5.41) is 8.88. The van der Waals surface area contributed by atoms with Crippen LogP contribution in [0.2, 0.25) is 0 Å². The summed E-state index contributed by atoms with van der Waals surface area (Å²) in [7, 11) is 1.65. The Kier molecular flexibility index (Phi) is 10.7. The molecule has 0 saturated carbocycles. The van der Waals surface area contributed by atoms with E-state index in [4.69, 9.17) is 4.74 Å². The second-order valence-corrected chi connectivity index (χ2v) is 7.00. The number of aliphatic imine (C=N–C) groups is 1. The lowest BCUT2D eigenvalue weighted by molar-refractivity contribution is -0.115. The maximum absolute atomic E-state index is 13.2. The fraction of sp³-hybridized carbons (Fsp3) is 0.364. The molecule has 7 nitrogen and oxygen atoms in total. The van der Waals surface area contributed by atoms with Crippen LogP contribution >= 0.6 is 24.0 Å². The zero-order valence-corrected chi connectivity index (χ0v) is 19.9. The Bertz CT molecular complexity index is 874. The number of hydrogen-bond acceptors (Lipinski definition) is 4. The first-order chi connectivity index (χ1) is 14.6. The largest absolute Gasteiger partial charge is 0.379 e. The van der Waals surface area contributed by atoms with Crippen LogP contribution in [0.5, 0.6) is 0 Å². The molecule has 0 aromatic heterocycles. The second-order valence-electron chi connectivity index (χ2n) is 7.00. The first-order valence-electron chi connectivity index (χ1n) is 10.0. The van der Waals surface area contributed by atoms with Crippen LogP contribution in [-0.2, 0) is 22.6 Å². The summed E-state index contributed by atoms with van der Waals surface area (Å²) in [4.78, 5) is 18.6. The van der Waals surface area contributed by atoms with Gasteiger partial charge in [-0.2, -0.15) is 0 Å². The summed E-state index contributed by atoms with van der Waals surface area (Å²) in [6.07, 6.45) is 0. The zero-order valence-electron chi connectivity index (χ0n) is 17.6. The van der Waals surface area contributed by atoms with E-state index < -0.39 is 5.82 Å². The smallest absolute Gasteiger partial charge is 0.243 e. The summed E-state index contributed by atoms with van der Waals surface area (Å²) in [5.74, 6) is -0.157. The van der Waals surface area contributed by atoms with Gasteiger partial charge in [-0.15, -0.1) is 24.0 Å². The number of carbonyl (C=O) groups is 1. The van der Waals surface area contributed by atoms with Gasteiger partial charge in [-0.05, 0) is 29.3 Å². The van der Waals surface area contributed by atoms with Gasteiger partial charge in [0.2, 0.25) is 5.91 Å². The molecule has 1 heterocycles. The number of amides is 1. The van der Waals surface area contributed by atoms with Crippen molar-refractivity contribution in [1.82, 2.24) is 15.5 Å². The minimum Gasteiger partial charge on any atom is -0.379 e. The van der Waals surface area contributed by atoms with E-state index in [-0.39, 0.29) is 36.4 Å². The molecule has 1 fully saturated rings. The molecule has 31 heavy (non-hydrogen) atoms. The predicted molar refractivity (Wildman–Crippen MR) is 131 cm³/mol. The van der Waals surface area contributed by atoms with Gasteiger partial charge in [0.1, 0.15) is 5.82 Å². The number of ether oxygens (including phenoxy) is 1. The van der Waals surface area contributed by atoms with Crippen molar-refractivity contribution < 1.29 is 13.9 Å². The lowest BCUT2D eigenvalue weighted by Crippen LogP contribution is -2.41. The van der Waals surface area contributed by atoms with Gasteiger partial charge in [0.15, 0.2) is 5.96 Å². The first-order valence-corrected chi connectivity index (χ1v) is 10.0. The number of rotatable bonds is 7. The Morgan fingerprint density at radius 1 is 1.10 bits per heavy atom. The van der Waals surface area contributed by atoms with Crippen LogP contribution in [0.15, 0.2) is 53.5 Å². The summed E-state index contributed by atoms with van der Waals surface area (Å²) < 4.78 is 18.6. The zero-order chi connectivity index (χ0) is 21.2. The quantitative estimate of drug-likeness (QED) is 0.286. The van der Waals surface area contributed by atoms with Gasteiger partial charge >= 0.3 is 0 Å². The SMILES string of the molecule is CN=C(NCC(=O)Nc1cccc(F)c1)NCc1ccccc1CN1CCOCC1.I. The van der Waals surface area contributed by atoms with E-state index in [9.17, 15) is 9.18 Å². The Hall–Kier alpha value is -2.24. The molecule has 0 aliphatic carbocycles. The third-order valence-corrected chi connectivity index (χ3v) is 4.81. The second kappa shape index (κ2) is 13.2. The van der Waals surface area contributed by atoms with Crippen LogP contribution in [0.3, 0.4) is 0 Å². The number of benzene rings is 2. The van der Waals surface area contributed by atoms with Crippen LogP contribution < -0.4 is 16.0 Å². The molecule has 1 aliphatic heterocycles. The minimum atomic E-state index is -0.394. The molecule has 0 bridgehead atoms. The van der Waals surface area contributed by atoms with Crippen molar-refractivity contribution in [3.8, 4) is 0 Å². The molecule has 3 rings (SSSR count). The van der Waals surface area contributed by atoms with Crippen molar-refractivity contribution in [3.05, 3.63) is 65.5 Å². The fourth-order valence-corrected chi connectivity index (χ4v) is 3.22. The van der Waals surface area contributed by atoms with Crippen LogP contribution in [0.25, 0.3) is 0 Å². The highest BCUT2D eigenvalue weighted by molar-refractivity contribution is 14.0. The number of nitrogens with zero attached hydrogens (tertiary/aromatic N) is 2. The average Bonchev–Trinajstić information content (AvgIpc) is 2.75. The van der Waals surface area contributed by atoms with Gasteiger partial charge in [0, 0.05) is 38.9 Å². The number of halogens is 2. The van der Waals surface area contributed by atoms with Gasteiger partial charge in [-0.25, -0.2) is 4.39 Å². The average molecular weight is 541 g/mol. The Morgan fingerprint density at radius 2 is 1.84 bits per heavy atom. The lowest BCUT2D eigenvalue weighted by atomic mass is 10.1. The molecular weight excluding hydrogens is 512 g/mol. The monoisotopic (exact) mass is 541 g/mol. The Morgan fingerprint density at radius 3 is 2.55 bits per heavy atom. The number of anilines is 1. The van der Waals surface area contributed by atoms with Crippen molar-refractivity contribution in [2.75, 3.05) is 45.2 Å². The lowest BCUT2D eigenvalue weighted by Gasteiger charge is -2.27. The van der Waals surface area contributed by atoms with E-state index in [0.29, 0.717) is 18.2 Å². The third kappa shape index (κ3) is 8.42. The van der Waals surface area contributed by atoms with Gasteiger partial charge in [-0.1, -0.05) is 30.3 Å². The number of hydrogen-bond donors (Lipinski definition) is 3. The standard InChI is InChI=1S/C22H28FN5O2.HI/c1-24-22(26-15-21(29)27-20-8-4-7-19(23)13-20)25-14-17-5-2-3-6-18(17)16-28-9-11-30-12-10-28;/h2-8,13H,9-12,14-16H2,1H3,(H,27,29)(H2,24,25,26);1H. The number of carbonyl (C=O) groups excluding carboxylic acids is 1. The molecule has 2 aromatic carbocycles. The normalized spacial score (nSPS) is 14.5. The number of guanidine groups is 1. The van der Waals surface area contributed by atoms with Crippen molar-refractivity contribution >= 4 is 41.5 Å². The molecule has 168 valence electrons. The predicted octanol–water partition coefficient (Wildman–Crippen LogP) is 2.58. The molecule has 3 N–H and O–H groups in total. The fourth-order valence-electron chi connectivity index (χ4n) is 3.22. The summed E-state index contributed by atoms with van der Waals surface area (Å²) >= 11 is 0. The van der Waals surface area contributed by atoms with E-state index in [2.05, 4.69) is 38.0 Å². The van der Waals surface area contributed by atoms with Crippen LogP contribution in [-0.4, -0.2) is 56.7 Å².